The highest BCUT2D eigenvalue weighted by molar-refractivity contribution is 7.80. The molecular weight excluding hydrogens is 360 g/mol. The molecule has 0 aliphatic carbocycles. The van der Waals surface area contributed by atoms with Gasteiger partial charge in [0.15, 0.2) is 5.11 Å². The van der Waals surface area contributed by atoms with Crippen LogP contribution in [0.15, 0.2) is 42.0 Å². The van der Waals surface area contributed by atoms with E-state index >= 15 is 0 Å². The number of carbonyl (C=O) groups is 2. The number of rotatable bonds is 3. The number of nitrogens with one attached hydrogen (secondary N) is 1. The fourth-order valence-electron chi connectivity index (χ4n) is 3.13. The molecule has 27 heavy (non-hydrogen) atoms. The Kier molecular flexibility index (Phi) is 5.10. The first kappa shape index (κ1) is 18.8. The van der Waals surface area contributed by atoms with Crippen molar-refractivity contribution in [2.45, 2.75) is 20.8 Å². The van der Waals surface area contributed by atoms with E-state index in [0.717, 1.165) is 28.0 Å². The molecule has 0 bridgehead atoms. The molecule has 1 fully saturated rings. The van der Waals surface area contributed by atoms with E-state index in [2.05, 4.69) is 5.32 Å². The van der Waals surface area contributed by atoms with Crippen molar-refractivity contribution in [2.24, 2.45) is 0 Å². The van der Waals surface area contributed by atoms with E-state index < -0.39 is 11.8 Å². The fraction of sp³-hybridized carbons (Fsp3) is 0.190. The molecule has 2 amide bonds. The van der Waals surface area contributed by atoms with E-state index in [0.29, 0.717) is 5.69 Å². The third-order valence-corrected chi connectivity index (χ3v) is 4.58. The van der Waals surface area contributed by atoms with Gasteiger partial charge in [-0.25, -0.2) is 0 Å². The summed E-state index contributed by atoms with van der Waals surface area (Å²) in [6.45, 7) is 5.80. The highest BCUT2D eigenvalue weighted by atomic mass is 32.1. The Morgan fingerprint density at radius 2 is 1.70 bits per heavy atom. The van der Waals surface area contributed by atoms with Crippen LogP contribution < -0.4 is 15.0 Å². The van der Waals surface area contributed by atoms with Gasteiger partial charge in [0.25, 0.3) is 11.8 Å². The number of ether oxygens (including phenoxy) is 1. The third-order valence-electron chi connectivity index (χ3n) is 4.30. The Morgan fingerprint density at radius 1 is 1.04 bits per heavy atom. The van der Waals surface area contributed by atoms with Gasteiger partial charge in [0.2, 0.25) is 0 Å². The first-order valence-electron chi connectivity index (χ1n) is 8.44. The van der Waals surface area contributed by atoms with Crippen LogP contribution in [-0.4, -0.2) is 24.0 Å². The SMILES string of the molecule is COc1ccc(C=C2C(=O)NC(=S)N(c3cc(C)cc(C)c3)C2=O)cc1C. The van der Waals surface area contributed by atoms with E-state index in [-0.39, 0.29) is 10.7 Å². The van der Waals surface area contributed by atoms with E-state index in [9.17, 15) is 9.59 Å². The Hall–Kier alpha value is -2.99. The summed E-state index contributed by atoms with van der Waals surface area (Å²) >= 11 is 5.25. The Morgan fingerprint density at radius 3 is 2.30 bits per heavy atom. The minimum Gasteiger partial charge on any atom is -0.496 e. The van der Waals surface area contributed by atoms with Gasteiger partial charge in [0.1, 0.15) is 11.3 Å². The topological polar surface area (TPSA) is 58.6 Å². The second-order valence-corrected chi connectivity index (χ2v) is 6.92. The molecule has 2 aromatic carbocycles. The lowest BCUT2D eigenvalue weighted by Gasteiger charge is -2.29. The van der Waals surface area contributed by atoms with Gasteiger partial charge in [-0.05, 0) is 85.6 Å². The van der Waals surface area contributed by atoms with Crippen molar-refractivity contribution in [3.63, 3.8) is 0 Å². The zero-order valence-corrected chi connectivity index (χ0v) is 16.4. The first-order valence-corrected chi connectivity index (χ1v) is 8.85. The second-order valence-electron chi connectivity index (χ2n) is 6.53. The lowest BCUT2D eigenvalue weighted by molar-refractivity contribution is -0.122. The molecule has 138 valence electrons. The number of benzene rings is 2. The number of nitrogens with zero attached hydrogens (tertiary/aromatic N) is 1. The van der Waals surface area contributed by atoms with Crippen LogP contribution in [0.25, 0.3) is 6.08 Å². The molecule has 0 spiro atoms. The minimum absolute atomic E-state index is 0.0346. The number of carbonyl (C=O) groups excluding carboxylic acids is 2. The zero-order chi connectivity index (χ0) is 19.7. The number of amides is 2. The van der Waals surface area contributed by atoms with Crippen molar-refractivity contribution < 1.29 is 14.3 Å². The molecule has 1 N–H and O–H groups in total. The summed E-state index contributed by atoms with van der Waals surface area (Å²) in [6, 6.07) is 11.2. The molecule has 0 unspecified atom stereocenters. The quantitative estimate of drug-likeness (QED) is 0.503. The van der Waals surface area contributed by atoms with Gasteiger partial charge in [-0.1, -0.05) is 12.1 Å². The van der Waals surface area contributed by atoms with Gasteiger partial charge in [0, 0.05) is 0 Å². The number of thiocarbonyl (C=S) groups is 1. The normalized spacial score (nSPS) is 15.9. The maximum absolute atomic E-state index is 13.1. The minimum atomic E-state index is -0.501. The van der Waals surface area contributed by atoms with Crippen molar-refractivity contribution >= 4 is 40.9 Å². The number of methoxy groups -OCH3 is 1. The Balaban J connectivity index is 2.03. The highest BCUT2D eigenvalue weighted by Crippen LogP contribution is 2.25. The van der Waals surface area contributed by atoms with Crippen LogP contribution >= 0.6 is 12.2 Å². The third kappa shape index (κ3) is 3.75. The molecule has 0 atom stereocenters. The number of hydrogen-bond donors (Lipinski definition) is 1. The van der Waals surface area contributed by atoms with Crippen molar-refractivity contribution in [1.29, 1.82) is 0 Å². The second kappa shape index (κ2) is 7.32. The van der Waals surface area contributed by atoms with Crippen LogP contribution in [0.1, 0.15) is 22.3 Å². The van der Waals surface area contributed by atoms with Crippen molar-refractivity contribution in [2.75, 3.05) is 12.0 Å². The summed E-state index contributed by atoms with van der Waals surface area (Å²) in [6.07, 6.45) is 1.57. The number of anilines is 1. The molecule has 5 nitrogen and oxygen atoms in total. The maximum Gasteiger partial charge on any atom is 0.270 e. The average Bonchev–Trinajstić information content (AvgIpc) is 2.57. The van der Waals surface area contributed by atoms with Crippen LogP contribution in [0.5, 0.6) is 5.75 Å². The van der Waals surface area contributed by atoms with E-state index in [4.69, 9.17) is 17.0 Å². The molecule has 6 heteroatoms. The molecule has 0 radical (unpaired) electrons. The molecule has 0 aromatic heterocycles. The van der Waals surface area contributed by atoms with Gasteiger partial charge < -0.3 is 4.74 Å². The van der Waals surface area contributed by atoms with Crippen molar-refractivity contribution in [3.8, 4) is 5.75 Å². The summed E-state index contributed by atoms with van der Waals surface area (Å²) in [5.74, 6) is -0.198. The van der Waals surface area contributed by atoms with Gasteiger partial charge in [-0.3, -0.25) is 19.8 Å². The average molecular weight is 380 g/mol. The van der Waals surface area contributed by atoms with E-state index in [1.165, 1.54) is 4.90 Å². The van der Waals surface area contributed by atoms with E-state index in [1.54, 1.807) is 25.3 Å². The lowest BCUT2D eigenvalue weighted by Crippen LogP contribution is -2.54. The fourth-order valence-corrected chi connectivity index (χ4v) is 3.41. The molecule has 0 saturated carbocycles. The van der Waals surface area contributed by atoms with Crippen LogP contribution in [-0.2, 0) is 9.59 Å². The molecule has 3 rings (SSSR count). The Bertz CT molecular complexity index is 975. The number of hydrogen-bond acceptors (Lipinski definition) is 4. The lowest BCUT2D eigenvalue weighted by atomic mass is 10.0. The van der Waals surface area contributed by atoms with Gasteiger partial charge in [0.05, 0.1) is 12.8 Å². The zero-order valence-electron chi connectivity index (χ0n) is 15.6. The largest absolute Gasteiger partial charge is 0.496 e. The van der Waals surface area contributed by atoms with Gasteiger partial charge >= 0.3 is 0 Å². The highest BCUT2D eigenvalue weighted by Gasteiger charge is 2.34. The molecule has 2 aromatic rings. The predicted molar refractivity (Wildman–Crippen MR) is 110 cm³/mol. The first-order chi connectivity index (χ1) is 12.8. The van der Waals surface area contributed by atoms with Crippen LogP contribution in [0, 0.1) is 20.8 Å². The molecule has 1 aliphatic heterocycles. The van der Waals surface area contributed by atoms with Gasteiger partial charge in [-0.15, -0.1) is 0 Å². The summed E-state index contributed by atoms with van der Waals surface area (Å²) in [4.78, 5) is 26.8. The number of aryl methyl sites for hydroxylation is 3. The van der Waals surface area contributed by atoms with Crippen molar-refractivity contribution in [1.82, 2.24) is 5.32 Å². The van der Waals surface area contributed by atoms with Gasteiger partial charge in [-0.2, -0.15) is 0 Å². The predicted octanol–water partition coefficient (Wildman–Crippen LogP) is 3.45. The molecule has 1 saturated heterocycles. The molecule has 1 aliphatic rings. The van der Waals surface area contributed by atoms with Crippen LogP contribution in [0.4, 0.5) is 5.69 Å². The molecule has 1 heterocycles. The Labute approximate surface area is 163 Å². The monoisotopic (exact) mass is 380 g/mol. The van der Waals surface area contributed by atoms with Crippen molar-refractivity contribution in [3.05, 3.63) is 64.2 Å². The summed E-state index contributed by atoms with van der Waals surface area (Å²) in [5.41, 5.74) is 4.34. The smallest absolute Gasteiger partial charge is 0.270 e. The summed E-state index contributed by atoms with van der Waals surface area (Å²) in [5, 5.41) is 2.69. The van der Waals surface area contributed by atoms with E-state index in [1.807, 2.05) is 45.0 Å². The van der Waals surface area contributed by atoms with Crippen LogP contribution in [0.2, 0.25) is 0 Å². The summed E-state index contributed by atoms with van der Waals surface area (Å²) in [7, 11) is 1.60. The summed E-state index contributed by atoms with van der Waals surface area (Å²) < 4.78 is 5.25. The maximum atomic E-state index is 13.1. The standard InChI is InChI=1S/C21H20N2O3S/c1-12-7-13(2)9-16(8-12)23-20(25)17(19(24)22-21(23)27)11-15-5-6-18(26-4)14(3)10-15/h5-11H,1-4H3,(H,22,24,27). The molecular formula is C21H20N2O3S. The van der Waals surface area contributed by atoms with Crippen LogP contribution in [0.3, 0.4) is 0 Å².